The van der Waals surface area contributed by atoms with Crippen LogP contribution in [0.4, 0.5) is 4.79 Å². The van der Waals surface area contributed by atoms with Crippen molar-refractivity contribution < 1.29 is 9.53 Å². The smallest absolute Gasteiger partial charge is 0.409 e. The molecule has 1 aliphatic rings. The summed E-state index contributed by atoms with van der Waals surface area (Å²) in [5.41, 5.74) is 0. The summed E-state index contributed by atoms with van der Waals surface area (Å²) < 4.78 is 4.70. The molecule has 0 N–H and O–H groups in total. The molecule has 10 heavy (non-hydrogen) atoms. The van der Waals surface area contributed by atoms with Gasteiger partial charge in [-0.1, -0.05) is 0 Å². The van der Waals surface area contributed by atoms with E-state index in [9.17, 15) is 4.79 Å². The van der Waals surface area contributed by atoms with Crippen molar-refractivity contribution in [2.24, 2.45) is 0 Å². The Kier molecular flexibility index (Phi) is 2.54. The monoisotopic (exact) mass is 142 g/mol. The topological polar surface area (TPSA) is 29.5 Å². The predicted octanol–water partition coefficient (Wildman–Crippen LogP) is 1.05. The van der Waals surface area contributed by atoms with E-state index in [0.717, 1.165) is 25.9 Å². The van der Waals surface area contributed by atoms with Crippen molar-refractivity contribution in [1.29, 1.82) is 0 Å². The van der Waals surface area contributed by atoms with Crippen molar-refractivity contribution in [2.45, 2.75) is 12.8 Å². The van der Waals surface area contributed by atoms with Gasteiger partial charge in [0, 0.05) is 13.1 Å². The highest BCUT2D eigenvalue weighted by Crippen LogP contribution is 2.08. The Balaban J connectivity index is 2.25. The van der Waals surface area contributed by atoms with Gasteiger partial charge < -0.3 is 9.64 Å². The number of carbonyl (C=O) groups excluding carboxylic acids is 1. The fourth-order valence-electron chi connectivity index (χ4n) is 1.08. The summed E-state index contributed by atoms with van der Waals surface area (Å²) in [6.45, 7) is 5.35. The Hall–Kier alpha value is -0.730. The first-order chi connectivity index (χ1) is 4.84. The van der Waals surface area contributed by atoms with Crippen molar-refractivity contribution in [3.8, 4) is 0 Å². The normalized spacial score (nSPS) is 17.5. The molecule has 1 heterocycles. The van der Waals surface area contributed by atoms with Crippen LogP contribution in [0.5, 0.6) is 0 Å². The van der Waals surface area contributed by atoms with Gasteiger partial charge in [-0.25, -0.2) is 4.79 Å². The van der Waals surface area contributed by atoms with Crippen molar-refractivity contribution in [2.75, 3.05) is 19.7 Å². The Morgan fingerprint density at radius 3 is 2.60 bits per heavy atom. The molecule has 0 spiro atoms. The molecule has 1 saturated heterocycles. The van der Waals surface area contributed by atoms with Gasteiger partial charge in [0.2, 0.25) is 0 Å². The fraction of sp³-hybridized carbons (Fsp3) is 0.714. The highest BCUT2D eigenvalue weighted by Gasteiger charge is 2.17. The zero-order chi connectivity index (χ0) is 7.40. The molecule has 0 aromatic rings. The Bertz CT molecular complexity index is 119. The van der Waals surface area contributed by atoms with Crippen LogP contribution in [0.1, 0.15) is 12.8 Å². The van der Waals surface area contributed by atoms with E-state index in [0.29, 0.717) is 0 Å². The molecular formula is C7H12NO2. The maximum absolute atomic E-state index is 10.9. The van der Waals surface area contributed by atoms with E-state index in [1.807, 2.05) is 0 Å². The molecule has 1 rings (SSSR count). The Morgan fingerprint density at radius 2 is 2.10 bits per heavy atom. The number of amides is 1. The molecule has 0 aliphatic carbocycles. The summed E-state index contributed by atoms with van der Waals surface area (Å²) in [6.07, 6.45) is 1.99. The first-order valence-corrected chi connectivity index (χ1v) is 3.55. The molecule has 0 aromatic heterocycles. The second-order valence-electron chi connectivity index (χ2n) is 2.31. The Morgan fingerprint density at radius 1 is 1.50 bits per heavy atom. The van der Waals surface area contributed by atoms with Gasteiger partial charge in [0.1, 0.15) is 0 Å². The van der Waals surface area contributed by atoms with Gasteiger partial charge in [-0.05, 0) is 19.8 Å². The number of hydrogen-bond acceptors (Lipinski definition) is 2. The van der Waals surface area contributed by atoms with Gasteiger partial charge in [0.25, 0.3) is 0 Å². The minimum Gasteiger partial charge on any atom is -0.449 e. The van der Waals surface area contributed by atoms with Crippen LogP contribution in [-0.4, -0.2) is 30.7 Å². The summed E-state index contributed by atoms with van der Waals surface area (Å²) in [5, 5.41) is 0. The van der Waals surface area contributed by atoms with Crippen LogP contribution in [0.3, 0.4) is 0 Å². The van der Waals surface area contributed by atoms with E-state index >= 15 is 0 Å². The highest BCUT2D eigenvalue weighted by molar-refractivity contribution is 5.67. The summed E-state index contributed by atoms with van der Waals surface area (Å²) in [6, 6.07) is 0. The predicted molar refractivity (Wildman–Crippen MR) is 37.5 cm³/mol. The average Bonchev–Trinajstić information content (AvgIpc) is 2.38. The lowest BCUT2D eigenvalue weighted by molar-refractivity contribution is 0.121. The highest BCUT2D eigenvalue weighted by atomic mass is 16.6. The molecule has 0 bridgehead atoms. The minimum absolute atomic E-state index is 0.215. The number of likely N-dealkylation sites (tertiary alicyclic amines) is 1. The van der Waals surface area contributed by atoms with Crippen molar-refractivity contribution in [1.82, 2.24) is 4.90 Å². The first-order valence-electron chi connectivity index (χ1n) is 3.55. The van der Waals surface area contributed by atoms with E-state index < -0.39 is 0 Å². The first kappa shape index (κ1) is 7.38. The van der Waals surface area contributed by atoms with E-state index in [4.69, 9.17) is 4.74 Å². The lowest BCUT2D eigenvalue weighted by atomic mass is 10.4. The van der Waals surface area contributed by atoms with Crippen LogP contribution in [-0.2, 0) is 4.74 Å². The summed E-state index contributed by atoms with van der Waals surface area (Å²) in [4.78, 5) is 12.6. The molecule has 0 saturated carbocycles. The summed E-state index contributed by atoms with van der Waals surface area (Å²) in [7, 11) is 0. The molecular weight excluding hydrogens is 130 g/mol. The van der Waals surface area contributed by atoms with Crippen LogP contribution in [0.2, 0.25) is 0 Å². The van der Waals surface area contributed by atoms with Gasteiger partial charge in [0.05, 0.1) is 6.61 Å². The molecule has 0 unspecified atom stereocenters. The van der Waals surface area contributed by atoms with Gasteiger partial charge in [-0.2, -0.15) is 0 Å². The van der Waals surface area contributed by atoms with Gasteiger partial charge in [-0.15, -0.1) is 0 Å². The van der Waals surface area contributed by atoms with Gasteiger partial charge in [-0.3, -0.25) is 0 Å². The molecule has 1 radical (unpaired) electrons. The lowest BCUT2D eigenvalue weighted by Crippen LogP contribution is -2.28. The van der Waals surface area contributed by atoms with Gasteiger partial charge >= 0.3 is 6.09 Å². The molecule has 3 nitrogen and oxygen atoms in total. The van der Waals surface area contributed by atoms with Crippen LogP contribution in [0.25, 0.3) is 0 Å². The molecule has 1 amide bonds. The second-order valence-corrected chi connectivity index (χ2v) is 2.31. The van der Waals surface area contributed by atoms with E-state index in [2.05, 4.69) is 6.92 Å². The van der Waals surface area contributed by atoms with Crippen LogP contribution in [0.15, 0.2) is 0 Å². The molecule has 57 valence electrons. The van der Waals surface area contributed by atoms with Crippen LogP contribution < -0.4 is 0 Å². The van der Waals surface area contributed by atoms with Gasteiger partial charge in [0.15, 0.2) is 0 Å². The van der Waals surface area contributed by atoms with Crippen molar-refractivity contribution >= 4 is 6.09 Å². The molecule has 0 aromatic carbocycles. The molecule has 3 heteroatoms. The number of ether oxygens (including phenoxy) is 1. The lowest BCUT2D eigenvalue weighted by Gasteiger charge is -2.13. The fourth-order valence-corrected chi connectivity index (χ4v) is 1.08. The molecule has 0 atom stereocenters. The minimum atomic E-state index is -0.215. The second kappa shape index (κ2) is 3.44. The average molecular weight is 142 g/mol. The number of rotatable bonds is 1. The van der Waals surface area contributed by atoms with E-state index in [1.54, 1.807) is 4.90 Å². The van der Waals surface area contributed by atoms with E-state index in [1.165, 1.54) is 0 Å². The third-order valence-corrected chi connectivity index (χ3v) is 1.59. The molecule has 1 aliphatic heterocycles. The standard InChI is InChI=1S/C7H12NO2/c1-2-10-7(9)8-5-3-4-6-8/h1-6H2. The maximum atomic E-state index is 10.9. The summed E-state index contributed by atoms with van der Waals surface area (Å²) in [5.74, 6) is 0. The molecule has 1 fully saturated rings. The summed E-state index contributed by atoms with van der Waals surface area (Å²) >= 11 is 0. The SMILES string of the molecule is [CH2]COC(=O)N1CCCC1. The largest absolute Gasteiger partial charge is 0.449 e. The van der Waals surface area contributed by atoms with Crippen molar-refractivity contribution in [3.63, 3.8) is 0 Å². The van der Waals surface area contributed by atoms with Crippen LogP contribution >= 0.6 is 0 Å². The van der Waals surface area contributed by atoms with Crippen LogP contribution in [0, 0.1) is 6.92 Å². The number of nitrogens with zero attached hydrogens (tertiary/aromatic N) is 1. The zero-order valence-electron chi connectivity index (χ0n) is 6.01. The quantitative estimate of drug-likeness (QED) is 0.547. The number of hydrogen-bond donors (Lipinski definition) is 0. The third kappa shape index (κ3) is 1.62. The number of carbonyl (C=O) groups is 1. The van der Waals surface area contributed by atoms with E-state index in [-0.39, 0.29) is 12.7 Å². The van der Waals surface area contributed by atoms with Crippen molar-refractivity contribution in [3.05, 3.63) is 6.92 Å². The Labute approximate surface area is 61.0 Å². The third-order valence-electron chi connectivity index (χ3n) is 1.59. The zero-order valence-corrected chi connectivity index (χ0v) is 6.01. The maximum Gasteiger partial charge on any atom is 0.409 e.